The van der Waals surface area contributed by atoms with E-state index in [1.54, 1.807) is 0 Å². The number of phenolic OH excluding ortho intramolecular Hbond substituents is 1. The van der Waals surface area contributed by atoms with Crippen molar-refractivity contribution in [2.24, 2.45) is 17.6 Å². The lowest BCUT2D eigenvalue weighted by Gasteiger charge is -2.51. The van der Waals surface area contributed by atoms with E-state index >= 15 is 0 Å². The van der Waals surface area contributed by atoms with Crippen molar-refractivity contribution in [2.75, 3.05) is 14.1 Å². The Labute approximate surface area is 186 Å². The average Bonchev–Trinajstić information content (AvgIpc) is 2.69. The van der Waals surface area contributed by atoms with Crippen LogP contribution in [0.2, 0.25) is 5.02 Å². The molecule has 0 radical (unpaired) electrons. The van der Waals surface area contributed by atoms with Gasteiger partial charge in [0, 0.05) is 28.0 Å². The fourth-order valence-corrected chi connectivity index (χ4v) is 5.51. The number of amides is 1. The number of ketones is 2. The van der Waals surface area contributed by atoms with Gasteiger partial charge in [-0.2, -0.15) is 0 Å². The van der Waals surface area contributed by atoms with Gasteiger partial charge in [-0.15, -0.1) is 0 Å². The predicted molar refractivity (Wildman–Crippen MR) is 111 cm³/mol. The number of halogens is 1. The van der Waals surface area contributed by atoms with Crippen molar-refractivity contribution >= 4 is 34.8 Å². The SMILES string of the molecule is CN(C)[C@@H]1C(=O)C(C(N)=O)=C(O)[C@@]2(O)C(=O)C3=C(O)c4c(O)ccc(Cl)c4[C@@H](O)[C@@H]3C[C@@H]12. The van der Waals surface area contributed by atoms with Gasteiger partial charge in [0.1, 0.15) is 22.8 Å². The quantitative estimate of drug-likeness (QED) is 0.331. The number of nitrogens with zero attached hydrogens (tertiary/aromatic N) is 1. The number of carbonyl (C=O) groups is 3. The Morgan fingerprint density at radius 2 is 1.84 bits per heavy atom. The molecule has 1 aromatic carbocycles. The predicted octanol–water partition coefficient (Wildman–Crippen LogP) is 0.108. The number of hydrogen-bond acceptors (Lipinski definition) is 9. The third-order valence-electron chi connectivity index (χ3n) is 6.64. The number of fused-ring (bicyclic) bond motifs is 3. The zero-order valence-corrected chi connectivity index (χ0v) is 17.8. The summed E-state index contributed by atoms with van der Waals surface area (Å²) in [6, 6.07) is 1.25. The van der Waals surface area contributed by atoms with E-state index < -0.39 is 75.5 Å². The normalized spacial score (nSPS) is 32.1. The van der Waals surface area contributed by atoms with Crippen LogP contribution in [0.15, 0.2) is 29.0 Å². The van der Waals surface area contributed by atoms with E-state index in [4.69, 9.17) is 17.3 Å². The molecule has 0 spiro atoms. The van der Waals surface area contributed by atoms with Crippen LogP contribution in [-0.2, 0) is 14.4 Å². The third kappa shape index (κ3) is 2.61. The lowest BCUT2D eigenvalue weighted by molar-refractivity contribution is -0.155. The molecular weight excluding hydrogens is 444 g/mol. The number of carbonyl (C=O) groups excluding carboxylic acids is 3. The first-order valence-corrected chi connectivity index (χ1v) is 10.1. The Balaban J connectivity index is 2.03. The molecule has 0 unspecified atom stereocenters. The largest absolute Gasteiger partial charge is 0.508 e. The first-order chi connectivity index (χ1) is 14.8. The van der Waals surface area contributed by atoms with E-state index in [2.05, 4.69) is 0 Å². The lowest BCUT2D eigenvalue weighted by Crippen LogP contribution is -2.66. The summed E-state index contributed by atoms with van der Waals surface area (Å²) in [5.41, 5.74) is 0.845. The number of primary amides is 1. The summed E-state index contributed by atoms with van der Waals surface area (Å²) in [6.07, 6.45) is -1.70. The van der Waals surface area contributed by atoms with Gasteiger partial charge in [-0.1, -0.05) is 11.6 Å². The van der Waals surface area contributed by atoms with Crippen LogP contribution in [0.4, 0.5) is 0 Å². The van der Waals surface area contributed by atoms with E-state index in [9.17, 15) is 39.9 Å². The molecular formula is C21H21ClN2O8. The Bertz CT molecular complexity index is 1160. The van der Waals surface area contributed by atoms with Crippen molar-refractivity contribution < 1.29 is 39.9 Å². The minimum Gasteiger partial charge on any atom is -0.508 e. The van der Waals surface area contributed by atoms with Crippen LogP contribution in [0.1, 0.15) is 23.7 Å². The maximum atomic E-state index is 13.6. The van der Waals surface area contributed by atoms with E-state index in [0.717, 1.165) is 0 Å². The third-order valence-corrected chi connectivity index (χ3v) is 6.97. The second kappa shape index (κ2) is 7.04. The molecule has 1 saturated carbocycles. The molecule has 0 bridgehead atoms. The van der Waals surface area contributed by atoms with Crippen LogP contribution in [-0.4, -0.2) is 73.6 Å². The number of aliphatic hydroxyl groups is 4. The molecule has 0 saturated heterocycles. The summed E-state index contributed by atoms with van der Waals surface area (Å²) in [7, 11) is 2.97. The zero-order valence-electron chi connectivity index (χ0n) is 17.0. The highest BCUT2D eigenvalue weighted by Crippen LogP contribution is 2.56. The topological polar surface area (TPSA) is 182 Å². The summed E-state index contributed by atoms with van der Waals surface area (Å²) in [6.45, 7) is 0. The molecule has 5 atom stereocenters. The average molecular weight is 465 g/mol. The van der Waals surface area contributed by atoms with Crippen molar-refractivity contribution in [3.63, 3.8) is 0 Å². The minimum absolute atomic E-state index is 0.00251. The highest BCUT2D eigenvalue weighted by molar-refractivity contribution is 6.32. The van der Waals surface area contributed by atoms with Gasteiger partial charge in [0.05, 0.1) is 17.7 Å². The van der Waals surface area contributed by atoms with Gasteiger partial charge < -0.3 is 31.3 Å². The summed E-state index contributed by atoms with van der Waals surface area (Å²) >= 11 is 6.19. The van der Waals surface area contributed by atoms with Crippen molar-refractivity contribution in [1.29, 1.82) is 0 Å². The van der Waals surface area contributed by atoms with Crippen LogP contribution in [0.5, 0.6) is 5.75 Å². The Kier molecular flexibility index (Phi) is 4.90. The van der Waals surface area contributed by atoms with Gasteiger partial charge in [-0.3, -0.25) is 19.3 Å². The number of aliphatic hydroxyl groups excluding tert-OH is 3. The van der Waals surface area contributed by atoms with E-state index in [1.807, 2.05) is 0 Å². The van der Waals surface area contributed by atoms with Gasteiger partial charge >= 0.3 is 0 Å². The Morgan fingerprint density at radius 1 is 1.22 bits per heavy atom. The van der Waals surface area contributed by atoms with Gasteiger partial charge in [0.2, 0.25) is 5.78 Å². The fourth-order valence-electron chi connectivity index (χ4n) is 5.24. The van der Waals surface area contributed by atoms with Crippen molar-refractivity contribution in [3.05, 3.63) is 45.2 Å². The smallest absolute Gasteiger partial charge is 0.255 e. The van der Waals surface area contributed by atoms with Gasteiger partial charge in [-0.25, -0.2) is 0 Å². The second-order valence-corrected chi connectivity index (χ2v) is 8.87. The minimum atomic E-state index is -2.77. The molecule has 1 amide bonds. The summed E-state index contributed by atoms with van der Waals surface area (Å²) in [5, 5.41) is 54.4. The first-order valence-electron chi connectivity index (χ1n) is 9.69. The fraction of sp³-hybridized carbons (Fsp3) is 0.381. The molecule has 0 aliphatic heterocycles. The molecule has 3 aliphatic rings. The zero-order chi connectivity index (χ0) is 23.9. The summed E-state index contributed by atoms with van der Waals surface area (Å²) in [4.78, 5) is 39.8. The number of hydrogen-bond donors (Lipinski definition) is 6. The number of benzene rings is 1. The standard InChI is InChI=1S/C21H21ClN2O8/c1-24(2)14-7-5-6-10(16(27)12-9(25)4-3-8(22)11(12)15(6)26)18(29)21(7,32)19(30)13(17(14)28)20(23)31/h3-4,6-7,14-15,25-27,30,32H,5H2,1-2H3,(H2,23,31)/t6-,7+,14+,15+,21+/m1/s1. The van der Waals surface area contributed by atoms with E-state index in [1.165, 1.54) is 31.1 Å². The van der Waals surface area contributed by atoms with Crippen molar-refractivity contribution in [1.82, 2.24) is 4.90 Å². The van der Waals surface area contributed by atoms with Gasteiger partial charge in [-0.05, 0) is 32.6 Å². The van der Waals surface area contributed by atoms with Crippen molar-refractivity contribution in [3.8, 4) is 5.75 Å². The van der Waals surface area contributed by atoms with Crippen LogP contribution in [0.25, 0.3) is 5.76 Å². The second-order valence-electron chi connectivity index (χ2n) is 8.47. The Morgan fingerprint density at radius 3 is 2.41 bits per heavy atom. The van der Waals surface area contributed by atoms with E-state index in [0.29, 0.717) is 0 Å². The number of rotatable bonds is 2. The monoisotopic (exact) mass is 464 g/mol. The molecule has 0 heterocycles. The molecule has 4 rings (SSSR count). The summed E-state index contributed by atoms with van der Waals surface area (Å²) < 4.78 is 0. The molecule has 1 fully saturated rings. The highest BCUT2D eigenvalue weighted by atomic mass is 35.5. The van der Waals surface area contributed by atoms with Gasteiger partial charge in [0.15, 0.2) is 11.4 Å². The molecule has 170 valence electrons. The van der Waals surface area contributed by atoms with Crippen LogP contribution < -0.4 is 5.73 Å². The van der Waals surface area contributed by atoms with Gasteiger partial charge in [0.25, 0.3) is 5.91 Å². The highest BCUT2D eigenvalue weighted by Gasteiger charge is 2.65. The van der Waals surface area contributed by atoms with Crippen LogP contribution in [0, 0.1) is 11.8 Å². The number of phenols is 1. The molecule has 1 aromatic rings. The van der Waals surface area contributed by atoms with Crippen LogP contribution in [0.3, 0.4) is 0 Å². The summed E-state index contributed by atoms with van der Waals surface area (Å²) in [5.74, 6) is -8.19. The maximum absolute atomic E-state index is 13.6. The first kappa shape index (κ1) is 22.3. The molecule has 7 N–H and O–H groups in total. The molecule has 11 heteroatoms. The van der Waals surface area contributed by atoms with E-state index in [-0.39, 0.29) is 22.6 Å². The molecule has 10 nitrogen and oxygen atoms in total. The molecule has 32 heavy (non-hydrogen) atoms. The molecule has 0 aromatic heterocycles. The number of Topliss-reactive ketones (excluding diaryl/α,β-unsaturated/α-hetero) is 2. The molecule has 3 aliphatic carbocycles. The van der Waals surface area contributed by atoms with Crippen LogP contribution >= 0.6 is 11.6 Å². The lowest BCUT2D eigenvalue weighted by atomic mass is 9.57. The van der Waals surface area contributed by atoms with Crippen molar-refractivity contribution in [2.45, 2.75) is 24.2 Å². The number of likely N-dealkylation sites (N-methyl/N-ethyl adjacent to an activating group) is 1. The number of aromatic hydroxyl groups is 1. The number of nitrogens with two attached hydrogens (primary N) is 1. The Hall–Kier alpha value is -2.92. The maximum Gasteiger partial charge on any atom is 0.255 e.